The van der Waals surface area contributed by atoms with Crippen LogP contribution >= 0.6 is 11.6 Å². The fourth-order valence-corrected chi connectivity index (χ4v) is 3.02. The summed E-state index contributed by atoms with van der Waals surface area (Å²) in [7, 11) is 1.48. The highest BCUT2D eigenvalue weighted by molar-refractivity contribution is 6.31. The zero-order valence-corrected chi connectivity index (χ0v) is 18.4. The smallest absolute Gasteiger partial charge is 0.308 e. The van der Waals surface area contributed by atoms with E-state index in [9.17, 15) is 9.59 Å². The molecule has 0 aliphatic rings. The molecule has 0 atom stereocenters. The number of amides is 1. The molecule has 0 aromatic heterocycles. The molecule has 0 bridgehead atoms. The van der Waals surface area contributed by atoms with Gasteiger partial charge in [-0.2, -0.15) is 0 Å². The van der Waals surface area contributed by atoms with Crippen molar-refractivity contribution in [2.24, 2.45) is 0 Å². The summed E-state index contributed by atoms with van der Waals surface area (Å²) in [6.07, 6.45) is 2.98. The summed E-state index contributed by atoms with van der Waals surface area (Å²) in [6, 6.07) is 19.6. The second-order valence-electron chi connectivity index (χ2n) is 6.73. The Labute approximate surface area is 191 Å². The van der Waals surface area contributed by atoms with E-state index < -0.39 is 5.97 Å². The average molecular weight is 452 g/mol. The molecule has 6 nitrogen and oxygen atoms in total. The van der Waals surface area contributed by atoms with Crippen molar-refractivity contribution in [3.05, 3.63) is 89.0 Å². The van der Waals surface area contributed by atoms with Crippen molar-refractivity contribution in [2.45, 2.75) is 13.5 Å². The van der Waals surface area contributed by atoms with Crippen molar-refractivity contribution in [3.63, 3.8) is 0 Å². The molecule has 3 aromatic rings. The zero-order valence-electron chi connectivity index (χ0n) is 17.6. The van der Waals surface area contributed by atoms with Crippen molar-refractivity contribution < 1.29 is 23.8 Å². The van der Waals surface area contributed by atoms with Gasteiger partial charge in [-0.25, -0.2) is 0 Å². The Morgan fingerprint density at radius 1 is 1.00 bits per heavy atom. The Bertz CT molecular complexity index is 1130. The van der Waals surface area contributed by atoms with Crippen LogP contribution in [0.15, 0.2) is 72.8 Å². The summed E-state index contributed by atoms with van der Waals surface area (Å²) in [5.74, 6) is 0.607. The number of carbonyl (C=O) groups excluding carboxylic acids is 2. The third kappa shape index (κ3) is 6.62. The Morgan fingerprint density at radius 3 is 2.50 bits per heavy atom. The van der Waals surface area contributed by atoms with Gasteiger partial charge < -0.3 is 19.5 Å². The highest BCUT2D eigenvalue weighted by Gasteiger charge is 2.09. The number of anilines is 1. The van der Waals surface area contributed by atoms with E-state index in [1.807, 2.05) is 30.3 Å². The quantitative estimate of drug-likeness (QED) is 0.278. The lowest BCUT2D eigenvalue weighted by molar-refractivity contribution is -0.132. The van der Waals surface area contributed by atoms with Crippen molar-refractivity contribution in [3.8, 4) is 17.2 Å². The fraction of sp³-hybridized carbons (Fsp3) is 0.120. The lowest BCUT2D eigenvalue weighted by Crippen LogP contribution is -2.11. The topological polar surface area (TPSA) is 73.9 Å². The molecule has 0 spiro atoms. The van der Waals surface area contributed by atoms with Crippen LogP contribution < -0.4 is 19.5 Å². The molecule has 32 heavy (non-hydrogen) atoms. The molecule has 0 fully saturated rings. The van der Waals surface area contributed by atoms with Crippen molar-refractivity contribution in [2.75, 3.05) is 12.4 Å². The number of hydrogen-bond donors (Lipinski definition) is 1. The van der Waals surface area contributed by atoms with E-state index >= 15 is 0 Å². The summed E-state index contributed by atoms with van der Waals surface area (Å²) < 4.78 is 16.1. The largest absolute Gasteiger partial charge is 0.493 e. The van der Waals surface area contributed by atoms with E-state index in [4.69, 9.17) is 25.8 Å². The van der Waals surface area contributed by atoms with Gasteiger partial charge in [0.1, 0.15) is 12.4 Å². The molecule has 7 heteroatoms. The molecule has 3 rings (SSSR count). The van der Waals surface area contributed by atoms with E-state index in [1.54, 1.807) is 42.5 Å². The maximum atomic E-state index is 12.5. The number of ether oxygens (including phenoxy) is 3. The number of halogens is 1. The van der Waals surface area contributed by atoms with Gasteiger partial charge in [-0.3, -0.25) is 9.59 Å². The van der Waals surface area contributed by atoms with Gasteiger partial charge in [0.2, 0.25) is 5.91 Å². The normalized spacial score (nSPS) is 10.6. The minimum absolute atomic E-state index is 0.269. The Morgan fingerprint density at radius 2 is 1.78 bits per heavy atom. The monoisotopic (exact) mass is 451 g/mol. The molecule has 164 valence electrons. The van der Waals surface area contributed by atoms with Crippen LogP contribution in [0, 0.1) is 0 Å². The number of para-hydroxylation sites is 1. The molecule has 0 saturated carbocycles. The average Bonchev–Trinajstić information content (AvgIpc) is 2.77. The number of methoxy groups -OCH3 is 1. The highest BCUT2D eigenvalue weighted by Crippen LogP contribution is 2.29. The lowest BCUT2D eigenvalue weighted by Gasteiger charge is -2.12. The first-order valence-corrected chi connectivity index (χ1v) is 10.1. The number of esters is 1. The van der Waals surface area contributed by atoms with Gasteiger partial charge in [0, 0.05) is 29.3 Å². The second-order valence-corrected chi connectivity index (χ2v) is 7.17. The third-order valence-electron chi connectivity index (χ3n) is 4.34. The highest BCUT2D eigenvalue weighted by atomic mass is 35.5. The van der Waals surface area contributed by atoms with E-state index in [2.05, 4.69) is 5.32 Å². The minimum Gasteiger partial charge on any atom is -0.493 e. The molecule has 1 N–H and O–H groups in total. The SMILES string of the molecule is COc1ccc(C=CC(=O)Nc2cc(Cl)ccc2COc2ccccc2)cc1OC(C)=O. The van der Waals surface area contributed by atoms with Crippen LogP contribution in [0.5, 0.6) is 17.2 Å². The van der Waals surface area contributed by atoms with Gasteiger partial charge in [-0.15, -0.1) is 0 Å². The molecular weight excluding hydrogens is 430 g/mol. The van der Waals surface area contributed by atoms with Crippen LogP contribution in [0.2, 0.25) is 5.02 Å². The minimum atomic E-state index is -0.464. The zero-order chi connectivity index (χ0) is 22.9. The molecule has 0 aliphatic carbocycles. The predicted octanol–water partition coefficient (Wildman–Crippen LogP) is 5.50. The van der Waals surface area contributed by atoms with Gasteiger partial charge in [0.15, 0.2) is 11.5 Å². The predicted molar refractivity (Wildman–Crippen MR) is 124 cm³/mol. The maximum absolute atomic E-state index is 12.5. The van der Waals surface area contributed by atoms with Gasteiger partial charge in [-0.05, 0) is 48.0 Å². The summed E-state index contributed by atoms with van der Waals surface area (Å²) in [5.41, 5.74) is 2.00. The van der Waals surface area contributed by atoms with Crippen LogP contribution in [0.3, 0.4) is 0 Å². The third-order valence-corrected chi connectivity index (χ3v) is 4.57. The van der Waals surface area contributed by atoms with E-state index in [1.165, 1.54) is 20.1 Å². The first kappa shape index (κ1) is 22.9. The van der Waals surface area contributed by atoms with E-state index in [0.717, 1.165) is 11.3 Å². The summed E-state index contributed by atoms with van der Waals surface area (Å²) in [5, 5.41) is 3.32. The molecule has 1 amide bonds. The molecule has 3 aromatic carbocycles. The summed E-state index contributed by atoms with van der Waals surface area (Å²) >= 11 is 6.11. The van der Waals surface area contributed by atoms with E-state index in [-0.39, 0.29) is 18.3 Å². The number of rotatable bonds is 8. The Balaban J connectivity index is 1.71. The molecule has 0 aliphatic heterocycles. The van der Waals surface area contributed by atoms with Crippen LogP contribution in [-0.4, -0.2) is 19.0 Å². The molecular formula is C25H22ClNO5. The van der Waals surface area contributed by atoms with Crippen molar-refractivity contribution >= 4 is 35.2 Å². The van der Waals surface area contributed by atoms with Crippen LogP contribution in [0.4, 0.5) is 5.69 Å². The molecule has 0 heterocycles. The second kappa shape index (κ2) is 11.0. The van der Waals surface area contributed by atoms with Crippen molar-refractivity contribution in [1.29, 1.82) is 0 Å². The van der Waals surface area contributed by atoms with Crippen LogP contribution in [0.1, 0.15) is 18.1 Å². The lowest BCUT2D eigenvalue weighted by atomic mass is 10.1. The van der Waals surface area contributed by atoms with Gasteiger partial charge in [0.05, 0.1) is 7.11 Å². The molecule has 0 unspecified atom stereocenters. The molecule has 0 saturated heterocycles. The first-order valence-electron chi connectivity index (χ1n) is 9.76. The number of benzene rings is 3. The van der Waals surface area contributed by atoms with Crippen LogP contribution in [0.25, 0.3) is 6.08 Å². The standard InChI is InChI=1S/C25H22ClNO5/c1-17(28)32-24-14-18(8-12-23(24)30-2)9-13-25(29)27-22-15-20(26)11-10-19(22)16-31-21-6-4-3-5-7-21/h3-15H,16H2,1-2H3,(H,27,29). The van der Waals surface area contributed by atoms with Crippen LogP contribution in [-0.2, 0) is 16.2 Å². The van der Waals surface area contributed by atoms with E-state index in [0.29, 0.717) is 22.0 Å². The van der Waals surface area contributed by atoms with Crippen molar-refractivity contribution in [1.82, 2.24) is 0 Å². The Hall–Kier alpha value is -3.77. The maximum Gasteiger partial charge on any atom is 0.308 e. The Kier molecular flexibility index (Phi) is 7.89. The van der Waals surface area contributed by atoms with Gasteiger partial charge >= 0.3 is 5.97 Å². The number of carbonyl (C=O) groups is 2. The van der Waals surface area contributed by atoms with Gasteiger partial charge in [-0.1, -0.05) is 41.9 Å². The fourth-order valence-electron chi connectivity index (χ4n) is 2.85. The summed E-state index contributed by atoms with van der Waals surface area (Å²) in [6.45, 7) is 1.57. The first-order chi connectivity index (χ1) is 15.4. The van der Waals surface area contributed by atoms with Gasteiger partial charge in [0.25, 0.3) is 0 Å². The molecule has 0 radical (unpaired) electrons. The number of hydrogen-bond acceptors (Lipinski definition) is 5. The summed E-state index contributed by atoms with van der Waals surface area (Å²) in [4.78, 5) is 23.8. The number of nitrogens with one attached hydrogen (secondary N) is 1.